The number of morpholine rings is 1. The van der Waals surface area contributed by atoms with Crippen LogP contribution < -0.4 is 0 Å². The number of imidazole rings is 1. The zero-order valence-corrected chi connectivity index (χ0v) is 19.5. The summed E-state index contributed by atoms with van der Waals surface area (Å²) in [6, 6.07) is 13.3. The van der Waals surface area contributed by atoms with E-state index in [1.807, 2.05) is 17.6 Å². The van der Waals surface area contributed by atoms with Crippen molar-refractivity contribution in [3.63, 3.8) is 0 Å². The van der Waals surface area contributed by atoms with E-state index in [0.717, 1.165) is 24.2 Å². The lowest BCUT2D eigenvalue weighted by atomic mass is 10.2. The summed E-state index contributed by atoms with van der Waals surface area (Å²) < 4.78 is 49.5. The highest BCUT2D eigenvalue weighted by molar-refractivity contribution is 7.89. The molecule has 0 bridgehead atoms. The number of benzene rings is 2. The van der Waals surface area contributed by atoms with E-state index >= 15 is 0 Å². The summed E-state index contributed by atoms with van der Waals surface area (Å²) in [6.45, 7) is 6.29. The van der Waals surface area contributed by atoms with Crippen LogP contribution in [0.1, 0.15) is 17.0 Å². The molecule has 3 aromatic rings. The van der Waals surface area contributed by atoms with Crippen LogP contribution in [0.5, 0.6) is 0 Å². The largest absolute Gasteiger partial charge is 0.379 e. The smallest absolute Gasteiger partial charge is 0.243 e. The average molecular weight is 473 g/mol. The third-order valence-corrected chi connectivity index (χ3v) is 7.65. The summed E-state index contributed by atoms with van der Waals surface area (Å²) in [5, 5.41) is 0. The first-order valence-electron chi connectivity index (χ1n) is 11.0. The topological polar surface area (TPSA) is 67.7 Å². The molecule has 0 saturated carbocycles. The van der Waals surface area contributed by atoms with Gasteiger partial charge in [-0.1, -0.05) is 29.8 Å². The van der Waals surface area contributed by atoms with Crippen LogP contribution >= 0.6 is 0 Å². The number of aromatic nitrogens is 2. The van der Waals surface area contributed by atoms with E-state index < -0.39 is 10.0 Å². The van der Waals surface area contributed by atoms with Gasteiger partial charge in [-0.3, -0.25) is 4.90 Å². The van der Waals surface area contributed by atoms with E-state index in [2.05, 4.69) is 9.88 Å². The number of nitrogens with zero attached hydrogens (tertiary/aromatic N) is 4. The maximum Gasteiger partial charge on any atom is 0.243 e. The van der Waals surface area contributed by atoms with E-state index in [1.54, 1.807) is 42.7 Å². The second kappa shape index (κ2) is 10.6. The minimum Gasteiger partial charge on any atom is -0.379 e. The molecule has 0 unspecified atom stereocenters. The van der Waals surface area contributed by atoms with E-state index in [0.29, 0.717) is 38.7 Å². The first-order valence-corrected chi connectivity index (χ1v) is 12.5. The second-order valence-electron chi connectivity index (χ2n) is 8.21. The van der Waals surface area contributed by atoms with E-state index in [9.17, 15) is 12.8 Å². The molecule has 4 rings (SSSR count). The van der Waals surface area contributed by atoms with Gasteiger partial charge in [-0.15, -0.1) is 0 Å². The van der Waals surface area contributed by atoms with Crippen molar-refractivity contribution in [3.8, 4) is 0 Å². The molecule has 9 heteroatoms. The van der Waals surface area contributed by atoms with Crippen molar-refractivity contribution in [2.24, 2.45) is 0 Å². The molecule has 0 amide bonds. The van der Waals surface area contributed by atoms with Gasteiger partial charge in [0.05, 0.1) is 24.7 Å². The van der Waals surface area contributed by atoms with Gasteiger partial charge in [-0.2, -0.15) is 4.31 Å². The van der Waals surface area contributed by atoms with Gasteiger partial charge in [0, 0.05) is 45.1 Å². The third-order valence-electron chi connectivity index (χ3n) is 5.79. The maximum atomic E-state index is 13.6. The van der Waals surface area contributed by atoms with Crippen molar-refractivity contribution in [2.75, 3.05) is 39.4 Å². The van der Waals surface area contributed by atoms with Gasteiger partial charge in [0.25, 0.3) is 0 Å². The van der Waals surface area contributed by atoms with Crippen LogP contribution in [0, 0.1) is 12.7 Å². The monoisotopic (exact) mass is 472 g/mol. The molecule has 1 aromatic heterocycles. The van der Waals surface area contributed by atoms with Crippen LogP contribution in [-0.4, -0.2) is 66.6 Å². The fourth-order valence-corrected chi connectivity index (χ4v) is 5.23. The van der Waals surface area contributed by atoms with E-state index in [-0.39, 0.29) is 17.3 Å². The summed E-state index contributed by atoms with van der Waals surface area (Å²) in [5.41, 5.74) is 1.79. The number of rotatable bonds is 9. The van der Waals surface area contributed by atoms with Gasteiger partial charge in [-0.25, -0.2) is 17.8 Å². The molecule has 0 aliphatic carbocycles. The van der Waals surface area contributed by atoms with Crippen molar-refractivity contribution in [1.82, 2.24) is 18.8 Å². The highest BCUT2D eigenvalue weighted by Crippen LogP contribution is 2.19. The summed E-state index contributed by atoms with van der Waals surface area (Å²) in [5.74, 6) is 0.306. The van der Waals surface area contributed by atoms with Gasteiger partial charge in [-0.05, 0) is 36.8 Å². The molecule has 7 nitrogen and oxygen atoms in total. The Balaban J connectivity index is 1.57. The Kier molecular flexibility index (Phi) is 7.54. The van der Waals surface area contributed by atoms with Crippen LogP contribution in [0.3, 0.4) is 0 Å². The molecule has 0 spiro atoms. The van der Waals surface area contributed by atoms with Crippen molar-refractivity contribution in [1.29, 1.82) is 0 Å². The molecule has 1 aliphatic rings. The Morgan fingerprint density at radius 3 is 2.61 bits per heavy atom. The molecule has 0 radical (unpaired) electrons. The summed E-state index contributed by atoms with van der Waals surface area (Å²) in [6.07, 6.45) is 3.44. The maximum absolute atomic E-state index is 13.6. The van der Waals surface area contributed by atoms with Crippen LogP contribution in [0.4, 0.5) is 4.39 Å². The van der Waals surface area contributed by atoms with Gasteiger partial charge in [0.1, 0.15) is 11.6 Å². The summed E-state index contributed by atoms with van der Waals surface area (Å²) in [7, 11) is -3.73. The van der Waals surface area contributed by atoms with Gasteiger partial charge in [0.15, 0.2) is 0 Å². The first-order chi connectivity index (χ1) is 15.9. The number of sulfonamides is 1. The fraction of sp³-hybridized carbons (Fsp3) is 0.375. The van der Waals surface area contributed by atoms with Gasteiger partial charge < -0.3 is 9.30 Å². The van der Waals surface area contributed by atoms with Gasteiger partial charge in [0.2, 0.25) is 10.0 Å². The zero-order valence-electron chi connectivity index (χ0n) is 18.7. The Hall–Kier alpha value is -2.59. The first kappa shape index (κ1) is 23.6. The van der Waals surface area contributed by atoms with Crippen LogP contribution in [0.2, 0.25) is 0 Å². The molecule has 176 valence electrons. The summed E-state index contributed by atoms with van der Waals surface area (Å²) in [4.78, 5) is 6.89. The van der Waals surface area contributed by atoms with Crippen LogP contribution in [0.15, 0.2) is 65.8 Å². The second-order valence-corrected chi connectivity index (χ2v) is 10.1. The Bertz CT molecular complexity index is 1160. The Morgan fingerprint density at radius 1 is 1.12 bits per heavy atom. The molecular formula is C24H29FN4O3S. The van der Waals surface area contributed by atoms with Crippen LogP contribution in [-0.2, 0) is 27.8 Å². The molecule has 0 N–H and O–H groups in total. The number of ether oxygens (including phenoxy) is 1. The zero-order chi connectivity index (χ0) is 23.3. The van der Waals surface area contributed by atoms with Crippen LogP contribution in [0.25, 0.3) is 0 Å². The molecule has 33 heavy (non-hydrogen) atoms. The number of aryl methyl sites for hydroxylation is 1. The molecule has 2 heterocycles. The van der Waals surface area contributed by atoms with Gasteiger partial charge >= 0.3 is 0 Å². The highest BCUT2D eigenvalue weighted by Gasteiger charge is 2.27. The number of hydrogen-bond acceptors (Lipinski definition) is 5. The molecule has 1 saturated heterocycles. The minimum absolute atomic E-state index is 0.128. The normalized spacial score (nSPS) is 15.2. The van der Waals surface area contributed by atoms with Crippen molar-refractivity contribution in [2.45, 2.75) is 24.9 Å². The molecule has 1 fully saturated rings. The standard InChI is InChI=1S/C24H29FN4O3S/c1-20-5-7-23(8-6-20)33(30,31)29(12-11-27-13-15-32-16-14-27)19-24-26-9-10-28(24)18-21-3-2-4-22(25)17-21/h2-10,17H,11-16,18-19H2,1H3. The predicted octanol–water partition coefficient (Wildman–Crippen LogP) is 2.90. The minimum atomic E-state index is -3.73. The lowest BCUT2D eigenvalue weighted by molar-refractivity contribution is 0.0360. The lowest BCUT2D eigenvalue weighted by Crippen LogP contribution is -2.43. The molecular weight excluding hydrogens is 443 g/mol. The van der Waals surface area contributed by atoms with Crippen molar-refractivity contribution >= 4 is 10.0 Å². The molecule has 0 atom stereocenters. The fourth-order valence-electron chi connectivity index (χ4n) is 3.85. The molecule has 2 aromatic carbocycles. The summed E-state index contributed by atoms with van der Waals surface area (Å²) >= 11 is 0. The number of hydrogen-bond donors (Lipinski definition) is 0. The Labute approximate surface area is 194 Å². The predicted molar refractivity (Wildman–Crippen MR) is 124 cm³/mol. The number of halogens is 1. The quantitative estimate of drug-likeness (QED) is 0.479. The Morgan fingerprint density at radius 2 is 1.88 bits per heavy atom. The third kappa shape index (κ3) is 6.05. The highest BCUT2D eigenvalue weighted by atomic mass is 32.2. The average Bonchev–Trinajstić information content (AvgIpc) is 3.24. The lowest BCUT2D eigenvalue weighted by Gasteiger charge is -2.29. The van der Waals surface area contributed by atoms with Crippen molar-refractivity contribution < 1.29 is 17.5 Å². The van der Waals surface area contributed by atoms with E-state index in [1.165, 1.54) is 16.4 Å². The van der Waals surface area contributed by atoms with Crippen molar-refractivity contribution in [3.05, 3.63) is 83.7 Å². The SMILES string of the molecule is Cc1ccc(S(=O)(=O)N(CCN2CCOCC2)Cc2nccn2Cc2cccc(F)c2)cc1. The van der Waals surface area contributed by atoms with E-state index in [4.69, 9.17) is 4.74 Å². The molecule has 1 aliphatic heterocycles.